The molecule has 1 heterocycles. The minimum absolute atomic E-state index is 0.114. The molecule has 1 aromatic carbocycles. The van der Waals surface area contributed by atoms with Crippen LogP contribution in [0, 0.1) is 11.8 Å². The smallest absolute Gasteiger partial charge is 0.233 e. The van der Waals surface area contributed by atoms with Crippen LogP contribution < -0.4 is 5.32 Å². The summed E-state index contributed by atoms with van der Waals surface area (Å²) in [6.45, 7) is 7.31. The van der Waals surface area contributed by atoms with Crippen molar-refractivity contribution >= 4 is 17.7 Å². The molecule has 0 aliphatic heterocycles. The summed E-state index contributed by atoms with van der Waals surface area (Å²) in [4.78, 5) is 12.9. The number of rotatable bonds is 7. The normalized spacial score (nSPS) is 25.6. The topological polar surface area (TPSA) is 59.8 Å². The number of carbonyl (C=O) groups excluding carboxylic acids is 1. The van der Waals surface area contributed by atoms with Crippen LogP contribution in [0.15, 0.2) is 35.5 Å². The van der Waals surface area contributed by atoms with Gasteiger partial charge >= 0.3 is 0 Å². The second-order valence-corrected chi connectivity index (χ2v) is 10.1. The molecule has 2 aromatic rings. The molecule has 0 radical (unpaired) electrons. The van der Waals surface area contributed by atoms with Crippen molar-refractivity contribution in [2.75, 3.05) is 0 Å². The first kappa shape index (κ1) is 20.5. The second kappa shape index (κ2) is 8.90. The number of thioether (sulfide) groups is 1. The van der Waals surface area contributed by atoms with Crippen LogP contribution in [0.1, 0.15) is 70.2 Å². The van der Waals surface area contributed by atoms with Crippen molar-refractivity contribution in [3.63, 3.8) is 0 Å². The molecule has 0 spiro atoms. The molecular formula is C23H32N4OS. The zero-order chi connectivity index (χ0) is 20.4. The van der Waals surface area contributed by atoms with Crippen LogP contribution in [-0.4, -0.2) is 32.0 Å². The average Bonchev–Trinajstić information content (AvgIpc) is 3.49. The van der Waals surface area contributed by atoms with Crippen molar-refractivity contribution in [2.45, 2.75) is 81.8 Å². The summed E-state index contributed by atoms with van der Waals surface area (Å²) < 4.78 is 2.22. The van der Waals surface area contributed by atoms with Crippen molar-refractivity contribution in [1.82, 2.24) is 20.1 Å². The van der Waals surface area contributed by atoms with E-state index in [4.69, 9.17) is 0 Å². The van der Waals surface area contributed by atoms with Crippen LogP contribution in [-0.2, 0) is 11.3 Å². The molecule has 4 rings (SSSR count). The van der Waals surface area contributed by atoms with Gasteiger partial charge in [0.15, 0.2) is 5.16 Å². The maximum atomic E-state index is 12.9. The molecule has 5 nitrogen and oxygen atoms in total. The van der Waals surface area contributed by atoms with Gasteiger partial charge in [0.25, 0.3) is 0 Å². The molecule has 1 aromatic heterocycles. The molecule has 6 heteroatoms. The molecule has 2 aliphatic carbocycles. The lowest BCUT2D eigenvalue weighted by molar-refractivity contribution is -0.121. The zero-order valence-electron chi connectivity index (χ0n) is 17.7. The van der Waals surface area contributed by atoms with Crippen LogP contribution in [0.5, 0.6) is 0 Å². The molecular weight excluding hydrogens is 380 g/mol. The molecule has 2 aliphatic rings. The van der Waals surface area contributed by atoms with E-state index in [1.165, 1.54) is 43.0 Å². The predicted molar refractivity (Wildman–Crippen MR) is 117 cm³/mol. The van der Waals surface area contributed by atoms with E-state index in [0.717, 1.165) is 23.9 Å². The van der Waals surface area contributed by atoms with Gasteiger partial charge in [-0.25, -0.2) is 0 Å². The van der Waals surface area contributed by atoms with Gasteiger partial charge in [0, 0.05) is 12.0 Å². The molecule has 1 amide bonds. The Bertz CT molecular complexity index is 833. The Morgan fingerprint density at radius 3 is 2.66 bits per heavy atom. The Morgan fingerprint density at radius 1 is 1.17 bits per heavy atom. The highest BCUT2D eigenvalue weighted by Crippen LogP contribution is 2.40. The first-order valence-electron chi connectivity index (χ1n) is 11.0. The zero-order valence-corrected chi connectivity index (χ0v) is 18.5. The maximum Gasteiger partial charge on any atom is 0.233 e. The van der Waals surface area contributed by atoms with Gasteiger partial charge in [0.1, 0.15) is 5.82 Å². The fraction of sp³-hybridized carbons (Fsp3) is 0.609. The molecule has 0 unspecified atom stereocenters. The van der Waals surface area contributed by atoms with Crippen LogP contribution >= 0.6 is 11.8 Å². The van der Waals surface area contributed by atoms with Crippen molar-refractivity contribution in [3.05, 3.63) is 41.7 Å². The summed E-state index contributed by atoms with van der Waals surface area (Å²) in [6, 6.07) is 10.7. The SMILES string of the molecule is C[C@@H]1[C@H](C)CCC[C@H]1NC(=O)[C@@H](C)Sc1nnc(C2CC2)n1Cc1ccccc1. The van der Waals surface area contributed by atoms with Gasteiger partial charge in [-0.1, -0.05) is 68.8 Å². The van der Waals surface area contributed by atoms with Gasteiger partial charge in [-0.05, 0) is 43.6 Å². The molecule has 4 atom stereocenters. The minimum atomic E-state index is -0.190. The Labute approximate surface area is 178 Å². The Balaban J connectivity index is 1.45. The van der Waals surface area contributed by atoms with E-state index in [9.17, 15) is 4.79 Å². The minimum Gasteiger partial charge on any atom is -0.352 e. The van der Waals surface area contributed by atoms with Gasteiger partial charge in [-0.3, -0.25) is 4.79 Å². The van der Waals surface area contributed by atoms with E-state index < -0.39 is 0 Å². The number of benzene rings is 1. The Morgan fingerprint density at radius 2 is 1.93 bits per heavy atom. The summed E-state index contributed by atoms with van der Waals surface area (Å²) in [5.41, 5.74) is 1.23. The van der Waals surface area contributed by atoms with Gasteiger partial charge in [0.2, 0.25) is 5.91 Å². The van der Waals surface area contributed by atoms with E-state index in [1.807, 2.05) is 13.0 Å². The monoisotopic (exact) mass is 412 g/mol. The van der Waals surface area contributed by atoms with Gasteiger partial charge in [-0.15, -0.1) is 10.2 Å². The van der Waals surface area contributed by atoms with E-state index in [2.05, 4.69) is 58.2 Å². The third-order valence-electron chi connectivity index (χ3n) is 6.56. The standard InChI is InChI=1S/C23H32N4OS/c1-15-8-7-11-20(16(15)2)24-22(28)17(3)29-23-26-25-21(19-12-13-19)27(23)14-18-9-5-4-6-10-18/h4-6,9-10,15-17,19-20H,7-8,11-14H2,1-3H3,(H,24,28)/t15-,16-,17-,20-/m1/s1. The van der Waals surface area contributed by atoms with E-state index >= 15 is 0 Å². The van der Waals surface area contributed by atoms with Crippen molar-refractivity contribution in [2.24, 2.45) is 11.8 Å². The molecule has 1 N–H and O–H groups in total. The molecule has 2 saturated carbocycles. The average molecular weight is 413 g/mol. The number of nitrogens with zero attached hydrogens (tertiary/aromatic N) is 3. The highest BCUT2D eigenvalue weighted by Gasteiger charge is 2.32. The Kier molecular flexibility index (Phi) is 6.28. The summed E-state index contributed by atoms with van der Waals surface area (Å²) in [7, 11) is 0. The first-order chi connectivity index (χ1) is 14.0. The lowest BCUT2D eigenvalue weighted by Gasteiger charge is -2.35. The second-order valence-electron chi connectivity index (χ2n) is 8.83. The fourth-order valence-corrected chi connectivity index (χ4v) is 5.11. The summed E-state index contributed by atoms with van der Waals surface area (Å²) in [5.74, 6) is 2.91. The quantitative estimate of drug-likeness (QED) is 0.674. The lowest BCUT2D eigenvalue weighted by Crippen LogP contribution is -2.46. The van der Waals surface area contributed by atoms with E-state index in [1.54, 1.807) is 0 Å². The van der Waals surface area contributed by atoms with E-state index in [-0.39, 0.29) is 11.2 Å². The predicted octanol–water partition coefficient (Wildman–Crippen LogP) is 4.63. The number of aromatic nitrogens is 3. The molecule has 0 saturated heterocycles. The van der Waals surface area contributed by atoms with Crippen molar-refractivity contribution < 1.29 is 4.79 Å². The first-order valence-corrected chi connectivity index (χ1v) is 11.8. The Hall–Kier alpha value is -1.82. The summed E-state index contributed by atoms with van der Waals surface area (Å²) in [6.07, 6.45) is 5.93. The van der Waals surface area contributed by atoms with E-state index in [0.29, 0.717) is 23.8 Å². The number of hydrogen-bond donors (Lipinski definition) is 1. The number of amides is 1. The summed E-state index contributed by atoms with van der Waals surface area (Å²) in [5, 5.41) is 12.9. The van der Waals surface area contributed by atoms with Crippen molar-refractivity contribution in [1.29, 1.82) is 0 Å². The van der Waals surface area contributed by atoms with Gasteiger partial charge < -0.3 is 9.88 Å². The maximum absolute atomic E-state index is 12.9. The number of hydrogen-bond acceptors (Lipinski definition) is 4. The van der Waals surface area contributed by atoms with Crippen LogP contribution in [0.3, 0.4) is 0 Å². The van der Waals surface area contributed by atoms with Crippen LogP contribution in [0.2, 0.25) is 0 Å². The highest BCUT2D eigenvalue weighted by molar-refractivity contribution is 8.00. The molecule has 0 bridgehead atoms. The fourth-order valence-electron chi connectivity index (χ4n) is 4.24. The molecule has 29 heavy (non-hydrogen) atoms. The lowest BCUT2D eigenvalue weighted by atomic mass is 9.78. The van der Waals surface area contributed by atoms with Gasteiger partial charge in [0.05, 0.1) is 11.8 Å². The van der Waals surface area contributed by atoms with Crippen LogP contribution in [0.25, 0.3) is 0 Å². The number of nitrogens with one attached hydrogen (secondary N) is 1. The molecule has 2 fully saturated rings. The van der Waals surface area contributed by atoms with Crippen molar-refractivity contribution in [3.8, 4) is 0 Å². The largest absolute Gasteiger partial charge is 0.352 e. The van der Waals surface area contributed by atoms with Crippen LogP contribution in [0.4, 0.5) is 0 Å². The van der Waals surface area contributed by atoms with Gasteiger partial charge in [-0.2, -0.15) is 0 Å². The highest BCUT2D eigenvalue weighted by atomic mass is 32.2. The third-order valence-corrected chi connectivity index (χ3v) is 7.64. The molecule has 156 valence electrons. The summed E-state index contributed by atoms with van der Waals surface area (Å²) >= 11 is 1.53. The number of carbonyl (C=O) groups is 1. The third kappa shape index (κ3) is 4.85.